The smallest absolute Gasteiger partial charge is 0.279 e. The maximum absolute atomic E-state index is 12.2. The normalized spacial score (nSPS) is 24.2. The third kappa shape index (κ3) is 4.14. The molecule has 1 aliphatic heterocycles. The molecule has 20 heavy (non-hydrogen) atoms. The van der Waals surface area contributed by atoms with Gasteiger partial charge in [-0.15, -0.1) is 0 Å². The van der Waals surface area contributed by atoms with E-state index < -0.39 is 10.2 Å². The van der Waals surface area contributed by atoms with Gasteiger partial charge in [0.2, 0.25) is 0 Å². The van der Waals surface area contributed by atoms with Crippen molar-refractivity contribution in [3.8, 4) is 0 Å². The molecule has 0 amide bonds. The van der Waals surface area contributed by atoms with E-state index in [1.807, 2.05) is 0 Å². The molecule has 1 atom stereocenters. The Kier molecular flexibility index (Phi) is 5.42. The third-order valence-corrected chi connectivity index (χ3v) is 6.13. The molecule has 2 fully saturated rings. The summed E-state index contributed by atoms with van der Waals surface area (Å²) < 4.78 is 28.7. The van der Waals surface area contributed by atoms with Crippen molar-refractivity contribution in [2.45, 2.75) is 44.7 Å². The highest BCUT2D eigenvalue weighted by Gasteiger charge is 2.31. The van der Waals surface area contributed by atoms with Crippen molar-refractivity contribution in [1.82, 2.24) is 13.9 Å². The van der Waals surface area contributed by atoms with E-state index in [1.54, 1.807) is 0 Å². The molecule has 0 radical (unpaired) electrons. The molecule has 0 aromatic carbocycles. The monoisotopic (exact) mass is 305 g/mol. The second-order valence-corrected chi connectivity index (χ2v) is 7.88. The molecule has 1 heterocycles. The number of hydrogen-bond acceptors (Lipinski definition) is 4. The van der Waals surface area contributed by atoms with Gasteiger partial charge in [0.25, 0.3) is 10.2 Å². The Labute approximate surface area is 122 Å². The van der Waals surface area contributed by atoms with E-state index in [2.05, 4.69) is 23.6 Å². The van der Waals surface area contributed by atoms with Crippen molar-refractivity contribution in [3.05, 3.63) is 0 Å². The Morgan fingerprint density at radius 2 is 1.90 bits per heavy atom. The van der Waals surface area contributed by atoms with Gasteiger partial charge in [-0.1, -0.05) is 0 Å². The Hall–Kier alpha value is -0.210. The van der Waals surface area contributed by atoms with Crippen molar-refractivity contribution in [2.75, 3.05) is 33.3 Å². The van der Waals surface area contributed by atoms with Gasteiger partial charge in [-0.3, -0.25) is 4.90 Å². The van der Waals surface area contributed by atoms with E-state index in [0.717, 1.165) is 12.8 Å². The zero-order chi connectivity index (χ0) is 14.8. The molecule has 0 spiro atoms. The van der Waals surface area contributed by atoms with Crippen LogP contribution in [0.5, 0.6) is 0 Å². The van der Waals surface area contributed by atoms with Gasteiger partial charge in [0.15, 0.2) is 0 Å². The lowest BCUT2D eigenvalue weighted by molar-refractivity contribution is 0.169. The molecule has 0 aromatic rings. The zero-order valence-corrected chi connectivity index (χ0v) is 13.3. The van der Waals surface area contributed by atoms with Crippen LogP contribution >= 0.6 is 0 Å². The zero-order valence-electron chi connectivity index (χ0n) is 12.5. The minimum Gasteiger partial charge on any atom is -0.396 e. The highest BCUT2D eigenvalue weighted by Crippen LogP contribution is 2.26. The van der Waals surface area contributed by atoms with Crippen molar-refractivity contribution in [1.29, 1.82) is 0 Å². The number of nitrogens with one attached hydrogen (secondary N) is 1. The van der Waals surface area contributed by atoms with Gasteiger partial charge in [0.05, 0.1) is 0 Å². The van der Waals surface area contributed by atoms with Crippen molar-refractivity contribution in [2.24, 2.45) is 5.92 Å². The van der Waals surface area contributed by atoms with E-state index in [9.17, 15) is 8.42 Å². The van der Waals surface area contributed by atoms with Crippen LogP contribution in [-0.2, 0) is 10.2 Å². The van der Waals surface area contributed by atoms with E-state index in [-0.39, 0.29) is 18.6 Å². The number of hydrogen-bond donors (Lipinski definition) is 2. The summed E-state index contributed by atoms with van der Waals surface area (Å²) in [6.45, 7) is 3.68. The summed E-state index contributed by atoms with van der Waals surface area (Å²) in [6, 6.07) is 0.849. The van der Waals surface area contributed by atoms with Crippen LogP contribution < -0.4 is 4.72 Å². The van der Waals surface area contributed by atoms with E-state index in [1.165, 1.54) is 17.1 Å². The number of likely N-dealkylation sites (N-methyl/N-ethyl adjacent to an activating group) is 1. The molecule has 2 N–H and O–H groups in total. The summed E-state index contributed by atoms with van der Waals surface area (Å²) in [6.07, 6.45) is 3.94. The SMILES string of the molecule is CC(CNS(=O)(=O)N1CCC(CO)CC1)N(C)C1CC1. The molecule has 7 heteroatoms. The van der Waals surface area contributed by atoms with Crippen LogP contribution in [0.1, 0.15) is 32.6 Å². The predicted octanol–water partition coefficient (Wildman–Crippen LogP) is 0.00780. The van der Waals surface area contributed by atoms with Crippen LogP contribution in [0.3, 0.4) is 0 Å². The molecular formula is C13H27N3O3S. The number of piperidine rings is 1. The quantitative estimate of drug-likeness (QED) is 0.695. The van der Waals surface area contributed by atoms with Gasteiger partial charge < -0.3 is 5.11 Å². The van der Waals surface area contributed by atoms with E-state index in [4.69, 9.17) is 5.11 Å². The van der Waals surface area contributed by atoms with Crippen LogP contribution in [0, 0.1) is 5.92 Å². The van der Waals surface area contributed by atoms with Crippen molar-refractivity contribution >= 4 is 10.2 Å². The number of aliphatic hydroxyl groups excluding tert-OH is 1. The Morgan fingerprint density at radius 3 is 2.40 bits per heavy atom. The third-order valence-electron chi connectivity index (χ3n) is 4.55. The molecule has 118 valence electrons. The van der Waals surface area contributed by atoms with Gasteiger partial charge in [-0.05, 0) is 45.6 Å². The lowest BCUT2D eigenvalue weighted by atomic mass is 10.00. The first-order valence-electron chi connectivity index (χ1n) is 7.51. The fraction of sp³-hybridized carbons (Fsp3) is 1.00. The van der Waals surface area contributed by atoms with Gasteiger partial charge in [-0.25, -0.2) is 4.72 Å². The summed E-state index contributed by atoms with van der Waals surface area (Å²) in [4.78, 5) is 2.25. The van der Waals surface area contributed by atoms with Gasteiger partial charge in [0, 0.05) is 38.3 Å². The Bertz CT molecular complexity index is 403. The molecule has 1 saturated carbocycles. The Morgan fingerprint density at radius 1 is 1.30 bits per heavy atom. The highest BCUT2D eigenvalue weighted by molar-refractivity contribution is 7.87. The average molecular weight is 305 g/mol. The second-order valence-electron chi connectivity index (χ2n) is 6.12. The van der Waals surface area contributed by atoms with Crippen molar-refractivity contribution in [3.63, 3.8) is 0 Å². The Balaban J connectivity index is 1.78. The number of rotatable bonds is 7. The fourth-order valence-corrected chi connectivity index (χ4v) is 3.96. The lowest BCUT2D eigenvalue weighted by Gasteiger charge is -2.31. The summed E-state index contributed by atoms with van der Waals surface area (Å²) in [5.74, 6) is 0.251. The molecule has 1 saturated heterocycles. The van der Waals surface area contributed by atoms with E-state index in [0.29, 0.717) is 25.7 Å². The summed E-state index contributed by atoms with van der Waals surface area (Å²) in [7, 11) is -1.31. The topological polar surface area (TPSA) is 72.9 Å². The first kappa shape index (κ1) is 16.2. The second kappa shape index (κ2) is 6.70. The van der Waals surface area contributed by atoms with Crippen LogP contribution in [0.2, 0.25) is 0 Å². The first-order valence-corrected chi connectivity index (χ1v) is 8.95. The van der Waals surface area contributed by atoms with Gasteiger partial charge in [0.1, 0.15) is 0 Å². The maximum atomic E-state index is 12.2. The molecule has 2 rings (SSSR count). The first-order chi connectivity index (χ1) is 9.44. The fourth-order valence-electron chi connectivity index (χ4n) is 2.64. The number of nitrogens with zero attached hydrogens (tertiary/aromatic N) is 2. The van der Waals surface area contributed by atoms with Crippen LogP contribution in [0.4, 0.5) is 0 Å². The van der Waals surface area contributed by atoms with Crippen LogP contribution in [0.25, 0.3) is 0 Å². The minimum atomic E-state index is -3.37. The summed E-state index contributed by atoms with van der Waals surface area (Å²) in [5.41, 5.74) is 0. The van der Waals surface area contributed by atoms with Gasteiger partial charge in [-0.2, -0.15) is 12.7 Å². The average Bonchev–Trinajstić information content (AvgIpc) is 3.28. The highest BCUT2D eigenvalue weighted by atomic mass is 32.2. The molecule has 0 bridgehead atoms. The molecular weight excluding hydrogens is 278 g/mol. The molecule has 1 unspecified atom stereocenters. The lowest BCUT2D eigenvalue weighted by Crippen LogP contribution is -2.49. The van der Waals surface area contributed by atoms with E-state index >= 15 is 0 Å². The standard InChI is InChI=1S/C13H27N3O3S/c1-11(15(2)13-3-4-13)9-14-20(18,19)16-7-5-12(10-17)6-8-16/h11-14,17H,3-10H2,1-2H3. The van der Waals surface area contributed by atoms with Crippen LogP contribution in [-0.4, -0.2) is 68.1 Å². The predicted molar refractivity (Wildman–Crippen MR) is 78.6 cm³/mol. The van der Waals surface area contributed by atoms with Gasteiger partial charge >= 0.3 is 0 Å². The molecule has 6 nitrogen and oxygen atoms in total. The molecule has 1 aliphatic carbocycles. The molecule has 0 aromatic heterocycles. The number of aliphatic hydroxyl groups is 1. The van der Waals surface area contributed by atoms with Crippen molar-refractivity contribution < 1.29 is 13.5 Å². The maximum Gasteiger partial charge on any atom is 0.279 e. The van der Waals surface area contributed by atoms with Crippen LogP contribution in [0.15, 0.2) is 0 Å². The summed E-state index contributed by atoms with van der Waals surface area (Å²) in [5, 5.41) is 9.09. The largest absolute Gasteiger partial charge is 0.396 e. The minimum absolute atomic E-state index is 0.157. The summed E-state index contributed by atoms with van der Waals surface area (Å²) >= 11 is 0. The molecule has 2 aliphatic rings.